The first-order valence-corrected chi connectivity index (χ1v) is 23.0. The maximum atomic E-state index is 14.7. The number of aromatic nitrogens is 2. The van der Waals surface area contributed by atoms with Crippen LogP contribution in [0.25, 0.3) is 0 Å². The van der Waals surface area contributed by atoms with Crippen molar-refractivity contribution in [3.8, 4) is 23.0 Å². The topological polar surface area (TPSA) is 224 Å². The summed E-state index contributed by atoms with van der Waals surface area (Å²) in [7, 11) is 2.84. The zero-order valence-electron chi connectivity index (χ0n) is 37.0. The molecule has 1 unspecified atom stereocenters. The highest BCUT2D eigenvalue weighted by atomic mass is 35.5. The van der Waals surface area contributed by atoms with Crippen LogP contribution in [0.3, 0.4) is 0 Å². The maximum absolute atomic E-state index is 14.7. The second-order valence-electron chi connectivity index (χ2n) is 16.3. The first kappa shape index (κ1) is 47.3. The number of imide groups is 1. The lowest BCUT2D eigenvalue weighted by Crippen LogP contribution is -2.52. The van der Waals surface area contributed by atoms with Crippen molar-refractivity contribution in [2.45, 2.75) is 63.6 Å². The molecule has 0 radical (unpaired) electrons. The molecule has 2 aliphatic heterocycles. The van der Waals surface area contributed by atoms with Gasteiger partial charge in [0.1, 0.15) is 11.9 Å². The van der Waals surface area contributed by atoms with E-state index in [9.17, 15) is 28.4 Å². The molecule has 0 spiro atoms. The highest BCUT2D eigenvalue weighted by Crippen LogP contribution is 2.43. The van der Waals surface area contributed by atoms with E-state index in [0.29, 0.717) is 71.2 Å². The van der Waals surface area contributed by atoms with Gasteiger partial charge >= 0.3 is 0 Å². The number of carbonyl (C=O) groups is 5. The minimum atomic E-state index is -0.870. The molecule has 354 valence electrons. The van der Waals surface area contributed by atoms with Gasteiger partial charge in [-0.05, 0) is 68.5 Å². The summed E-state index contributed by atoms with van der Waals surface area (Å²) in [6, 6.07) is 17.5. The summed E-state index contributed by atoms with van der Waals surface area (Å²) >= 11 is 7.43. The molecule has 2 aromatic heterocycles. The van der Waals surface area contributed by atoms with Crippen LogP contribution >= 0.6 is 22.9 Å². The summed E-state index contributed by atoms with van der Waals surface area (Å²) in [5.74, 6) is -1.31. The van der Waals surface area contributed by atoms with Crippen molar-refractivity contribution in [1.82, 2.24) is 30.8 Å². The molecule has 68 heavy (non-hydrogen) atoms. The molecule has 5 aromatic rings. The number of piperidine rings is 1. The monoisotopic (exact) mass is 967 g/mol. The molecule has 2 fully saturated rings. The Morgan fingerprint density at radius 1 is 0.956 bits per heavy atom. The number of benzene rings is 3. The van der Waals surface area contributed by atoms with Crippen LogP contribution < -0.4 is 40.2 Å². The fraction of sp³-hybridized carbons (Fsp3) is 0.340. The third-order valence-electron chi connectivity index (χ3n) is 11.9. The van der Waals surface area contributed by atoms with Gasteiger partial charge in [-0.25, -0.2) is 14.4 Å². The number of pyridine rings is 1. The van der Waals surface area contributed by atoms with Crippen LogP contribution in [0.4, 0.5) is 26.7 Å². The van der Waals surface area contributed by atoms with Gasteiger partial charge in [-0.1, -0.05) is 29.8 Å². The Morgan fingerprint density at radius 3 is 2.44 bits per heavy atom. The number of carbonyl (C=O) groups excluding carboxylic acids is 5. The number of methoxy groups -OCH3 is 2. The van der Waals surface area contributed by atoms with Crippen LogP contribution in [0, 0.1) is 11.2 Å². The van der Waals surface area contributed by atoms with E-state index < -0.39 is 35.7 Å². The van der Waals surface area contributed by atoms with Crippen molar-refractivity contribution in [1.29, 1.82) is 0 Å². The Hall–Kier alpha value is -7.19. The third kappa shape index (κ3) is 10.8. The van der Waals surface area contributed by atoms with Crippen molar-refractivity contribution in [3.05, 3.63) is 106 Å². The lowest BCUT2D eigenvalue weighted by molar-refractivity contribution is -0.137. The highest BCUT2D eigenvalue weighted by molar-refractivity contribution is 7.13. The predicted molar refractivity (Wildman–Crippen MR) is 248 cm³/mol. The molecular weight excluding hydrogens is 921 g/mol. The number of halogens is 2. The molecule has 4 N–H and O–H groups in total. The molecule has 3 aliphatic rings. The van der Waals surface area contributed by atoms with Crippen LogP contribution in [0.1, 0.15) is 60.1 Å². The number of hydrogen-bond donors (Lipinski definition) is 4. The van der Waals surface area contributed by atoms with Gasteiger partial charge in [0.25, 0.3) is 11.8 Å². The lowest BCUT2D eigenvalue weighted by atomic mass is 9.69. The summed E-state index contributed by atoms with van der Waals surface area (Å²) in [6.07, 6.45) is 3.87. The van der Waals surface area contributed by atoms with E-state index in [4.69, 9.17) is 35.5 Å². The number of rotatable bonds is 18. The number of hydrogen-bond acceptors (Lipinski definition) is 15. The summed E-state index contributed by atoms with van der Waals surface area (Å²) in [5, 5.41) is 22.6. The van der Waals surface area contributed by atoms with Crippen LogP contribution in [-0.2, 0) is 32.1 Å². The Bertz CT molecular complexity index is 2710. The number of fused-ring (bicyclic) bond motifs is 1. The van der Waals surface area contributed by atoms with Crippen LogP contribution in [-0.4, -0.2) is 90.5 Å². The summed E-state index contributed by atoms with van der Waals surface area (Å²) in [4.78, 5) is 75.2. The summed E-state index contributed by atoms with van der Waals surface area (Å²) in [6.45, 7) is -0.0656. The number of nitrogens with one attached hydrogen (secondary N) is 4. The van der Waals surface area contributed by atoms with Gasteiger partial charge in [-0.2, -0.15) is 10.2 Å². The van der Waals surface area contributed by atoms with Crippen molar-refractivity contribution in [2.24, 2.45) is 15.6 Å². The van der Waals surface area contributed by atoms with Gasteiger partial charge in [0.15, 0.2) is 34.8 Å². The van der Waals surface area contributed by atoms with Gasteiger partial charge in [0.2, 0.25) is 23.5 Å². The molecular formula is C47H47ClFN9O9S. The average molecular weight is 968 g/mol. The van der Waals surface area contributed by atoms with Crippen LogP contribution in [0.15, 0.2) is 88.5 Å². The molecule has 21 heteroatoms. The number of anilines is 2. The number of nitrogens with zero attached hydrogens (tertiary/aromatic N) is 5. The van der Waals surface area contributed by atoms with E-state index in [1.807, 2.05) is 23.6 Å². The molecule has 1 aliphatic carbocycles. The smallest absolute Gasteiger partial charge is 0.258 e. The number of ether oxygens (including phenoxy) is 4. The number of thiazole rings is 1. The zero-order valence-corrected chi connectivity index (χ0v) is 38.6. The van der Waals surface area contributed by atoms with Gasteiger partial charge in [0.05, 0.1) is 42.1 Å². The van der Waals surface area contributed by atoms with Crippen LogP contribution in [0.2, 0.25) is 5.02 Å². The maximum Gasteiger partial charge on any atom is 0.258 e. The predicted octanol–water partition coefficient (Wildman–Crippen LogP) is 7.13. The van der Waals surface area contributed by atoms with Gasteiger partial charge in [-0.3, -0.25) is 29.3 Å². The lowest BCUT2D eigenvalue weighted by Gasteiger charge is -2.39. The molecule has 1 atom stereocenters. The van der Waals surface area contributed by atoms with Gasteiger partial charge < -0.3 is 39.8 Å². The molecule has 4 heterocycles. The minimum Gasteiger partial charge on any atom is -0.493 e. The fourth-order valence-corrected chi connectivity index (χ4v) is 9.19. The second-order valence-corrected chi connectivity index (χ2v) is 17.6. The standard InChI is InChI=1S/C47H47ClFN9O9S/c1-64-36-22-28(56-57-33-9-4-7-30-31(33)25-58(44(30)62)34-12-13-39(59)55-43(34)61)23-37(65-2)42(36)66-26-40(60)50-18-19-51-45(63)47(24-27-6-3-11-38(53-27)54-46-52-20-21-68-46)16-14-29(15-17-47)67-35-10-5-8-32(48)41(35)49/h3-11,20-23,29,34H,12-19,24-26H2,1-2H3,(H,50,60)(H,51,63)(H,52,53,54)(H,55,59,61)/b57-56-/t29-,34?,47-. The van der Waals surface area contributed by atoms with Gasteiger partial charge in [0, 0.05) is 73.0 Å². The van der Waals surface area contributed by atoms with Crippen molar-refractivity contribution in [2.75, 3.05) is 39.2 Å². The normalized spacial score (nSPS) is 19.0. The Morgan fingerprint density at radius 2 is 1.71 bits per heavy atom. The largest absolute Gasteiger partial charge is 0.493 e. The quantitative estimate of drug-likeness (QED) is 0.0391. The van der Waals surface area contributed by atoms with Crippen molar-refractivity contribution in [3.63, 3.8) is 0 Å². The molecule has 8 rings (SSSR count). The summed E-state index contributed by atoms with van der Waals surface area (Å²) in [5.41, 5.74) is 1.55. The highest BCUT2D eigenvalue weighted by Gasteiger charge is 2.43. The first-order valence-electron chi connectivity index (χ1n) is 21.8. The molecule has 0 bridgehead atoms. The van der Waals surface area contributed by atoms with E-state index in [1.54, 1.807) is 42.6 Å². The SMILES string of the molecule is COc1cc(/N=N\c2cccc3c2CN(C2CCC(=O)NC2=O)C3=O)cc(OC)c1OCC(=O)NCCNC(=O)[C@]1(Cc2cccc(Nc3nccs3)n2)CC[C@@H](Oc2cccc(Cl)c2F)CC1. The number of azo groups is 1. The van der Waals surface area contributed by atoms with E-state index in [2.05, 4.69) is 36.5 Å². The van der Waals surface area contributed by atoms with E-state index in [-0.39, 0.29) is 84.3 Å². The van der Waals surface area contributed by atoms with Crippen LogP contribution in [0.5, 0.6) is 23.0 Å². The third-order valence-corrected chi connectivity index (χ3v) is 12.9. The van der Waals surface area contributed by atoms with Gasteiger partial charge in [-0.15, -0.1) is 11.3 Å². The average Bonchev–Trinajstić information content (AvgIpc) is 3.98. The minimum absolute atomic E-state index is 0.0330. The Balaban J connectivity index is 0.868. The van der Waals surface area contributed by atoms with Crippen molar-refractivity contribution < 1.29 is 47.3 Å². The second kappa shape index (κ2) is 21.2. The Labute approximate surface area is 399 Å². The number of amides is 5. The zero-order chi connectivity index (χ0) is 47.8. The molecule has 5 amide bonds. The summed E-state index contributed by atoms with van der Waals surface area (Å²) < 4.78 is 37.7. The fourth-order valence-electron chi connectivity index (χ4n) is 8.48. The van der Waals surface area contributed by atoms with E-state index in [0.717, 1.165) is 0 Å². The first-order chi connectivity index (χ1) is 32.9. The van der Waals surface area contributed by atoms with E-state index >= 15 is 0 Å². The van der Waals surface area contributed by atoms with Crippen molar-refractivity contribution >= 4 is 74.8 Å². The Kier molecular flexibility index (Phi) is 14.7. The molecule has 1 saturated carbocycles. The van der Waals surface area contributed by atoms with E-state index in [1.165, 1.54) is 42.6 Å². The molecule has 1 saturated heterocycles. The molecule has 18 nitrogen and oxygen atoms in total. The molecule has 3 aromatic carbocycles.